The van der Waals surface area contributed by atoms with E-state index in [9.17, 15) is 0 Å². The Labute approximate surface area is 143 Å². The van der Waals surface area contributed by atoms with E-state index in [2.05, 4.69) is 54.9 Å². The van der Waals surface area contributed by atoms with Gasteiger partial charge >= 0.3 is 0 Å². The molecule has 0 aliphatic carbocycles. The van der Waals surface area contributed by atoms with Crippen LogP contribution in [0.4, 0.5) is 5.69 Å². The Balaban J connectivity index is 2.11. The Morgan fingerprint density at radius 2 is 1.33 bits per heavy atom. The molecule has 24 heavy (non-hydrogen) atoms. The number of aromatic nitrogens is 1. The first-order valence-corrected chi connectivity index (χ1v) is 8.02. The molecule has 2 heteroatoms. The average molecular weight is 312 g/mol. The molecule has 0 amide bonds. The van der Waals surface area contributed by atoms with Crippen molar-refractivity contribution in [2.24, 2.45) is 0 Å². The van der Waals surface area contributed by atoms with Crippen LogP contribution in [0, 0.1) is 6.57 Å². The third-order valence-corrected chi connectivity index (χ3v) is 4.18. The largest absolute Gasteiger partial charge is 0.266 e. The summed E-state index contributed by atoms with van der Waals surface area (Å²) in [6.07, 6.45) is 3.56. The molecule has 3 aromatic rings. The lowest BCUT2D eigenvalue weighted by molar-refractivity contribution is 0.590. The van der Waals surface area contributed by atoms with Crippen LogP contribution >= 0.6 is 0 Å². The summed E-state index contributed by atoms with van der Waals surface area (Å²) in [5, 5.41) is 0. The highest BCUT2D eigenvalue weighted by atomic mass is 14.7. The summed E-state index contributed by atoms with van der Waals surface area (Å²) in [6, 6.07) is 18.4. The normalized spacial score (nSPS) is 11.1. The van der Waals surface area contributed by atoms with E-state index < -0.39 is 0 Å². The monoisotopic (exact) mass is 312 g/mol. The van der Waals surface area contributed by atoms with E-state index in [1.165, 1.54) is 5.56 Å². The van der Waals surface area contributed by atoms with Crippen LogP contribution < -0.4 is 0 Å². The second-order valence-electron chi connectivity index (χ2n) is 6.89. The van der Waals surface area contributed by atoms with Gasteiger partial charge in [0.2, 0.25) is 5.69 Å². The Bertz CT molecular complexity index is 880. The third kappa shape index (κ3) is 3.07. The number of rotatable bonds is 2. The molecule has 0 fully saturated rings. The van der Waals surface area contributed by atoms with E-state index >= 15 is 0 Å². The van der Waals surface area contributed by atoms with Crippen molar-refractivity contribution in [1.29, 1.82) is 0 Å². The van der Waals surface area contributed by atoms with E-state index in [4.69, 9.17) is 6.57 Å². The SMILES string of the molecule is [C-]#[N+]c1c(-c2ccccc2)cncc1-c1ccc(C(C)(C)C)cc1. The number of hydrogen-bond acceptors (Lipinski definition) is 1. The molecule has 0 aliphatic heterocycles. The van der Waals surface area contributed by atoms with Crippen LogP contribution in [0.1, 0.15) is 26.3 Å². The molecule has 0 radical (unpaired) electrons. The third-order valence-electron chi connectivity index (χ3n) is 4.18. The minimum absolute atomic E-state index is 0.116. The molecule has 118 valence electrons. The molecule has 0 atom stereocenters. The molecule has 0 bridgehead atoms. The van der Waals surface area contributed by atoms with Crippen molar-refractivity contribution in [3.63, 3.8) is 0 Å². The highest BCUT2D eigenvalue weighted by molar-refractivity contribution is 5.90. The Hall–Kier alpha value is -2.92. The molecule has 0 saturated carbocycles. The predicted octanol–water partition coefficient (Wildman–Crippen LogP) is 6.26. The first-order valence-electron chi connectivity index (χ1n) is 8.02. The summed E-state index contributed by atoms with van der Waals surface area (Å²) >= 11 is 0. The molecule has 3 rings (SSSR count). The van der Waals surface area contributed by atoms with E-state index in [0.717, 1.165) is 22.3 Å². The minimum atomic E-state index is 0.116. The number of hydrogen-bond donors (Lipinski definition) is 0. The van der Waals surface area contributed by atoms with Crippen molar-refractivity contribution in [1.82, 2.24) is 4.98 Å². The molecule has 0 N–H and O–H groups in total. The zero-order chi connectivity index (χ0) is 17.2. The molecule has 0 aliphatic rings. The lowest BCUT2D eigenvalue weighted by atomic mass is 9.86. The van der Waals surface area contributed by atoms with Crippen molar-refractivity contribution in [2.75, 3.05) is 0 Å². The lowest BCUT2D eigenvalue weighted by Gasteiger charge is -2.19. The first-order chi connectivity index (χ1) is 11.5. The molecule has 0 saturated heterocycles. The Kier molecular flexibility index (Phi) is 4.18. The van der Waals surface area contributed by atoms with Crippen LogP contribution in [0.3, 0.4) is 0 Å². The van der Waals surface area contributed by atoms with Gasteiger partial charge in [-0.1, -0.05) is 75.4 Å². The van der Waals surface area contributed by atoms with Crippen LogP contribution in [0.2, 0.25) is 0 Å². The van der Waals surface area contributed by atoms with Crippen molar-refractivity contribution >= 4 is 5.69 Å². The zero-order valence-electron chi connectivity index (χ0n) is 14.2. The Morgan fingerprint density at radius 1 is 0.792 bits per heavy atom. The highest BCUT2D eigenvalue weighted by Gasteiger charge is 2.15. The molecule has 0 spiro atoms. The van der Waals surface area contributed by atoms with E-state index in [1.54, 1.807) is 12.4 Å². The zero-order valence-corrected chi connectivity index (χ0v) is 14.2. The number of benzene rings is 2. The van der Waals surface area contributed by atoms with Crippen LogP contribution in [-0.2, 0) is 5.41 Å². The average Bonchev–Trinajstić information content (AvgIpc) is 2.61. The summed E-state index contributed by atoms with van der Waals surface area (Å²) in [6.45, 7) is 14.3. The summed E-state index contributed by atoms with van der Waals surface area (Å²) < 4.78 is 0. The van der Waals surface area contributed by atoms with Gasteiger partial charge < -0.3 is 0 Å². The van der Waals surface area contributed by atoms with Crippen LogP contribution in [0.5, 0.6) is 0 Å². The summed E-state index contributed by atoms with van der Waals surface area (Å²) in [7, 11) is 0. The highest BCUT2D eigenvalue weighted by Crippen LogP contribution is 2.38. The quantitative estimate of drug-likeness (QED) is 0.510. The molecule has 1 heterocycles. The van der Waals surface area contributed by atoms with E-state index in [1.807, 2.05) is 30.3 Å². The minimum Gasteiger partial charge on any atom is -0.266 e. The molecule has 2 nitrogen and oxygen atoms in total. The van der Waals surface area contributed by atoms with Crippen molar-refractivity contribution < 1.29 is 0 Å². The number of pyridine rings is 1. The van der Waals surface area contributed by atoms with Crippen molar-refractivity contribution in [2.45, 2.75) is 26.2 Å². The summed E-state index contributed by atoms with van der Waals surface area (Å²) in [4.78, 5) is 8.18. The van der Waals surface area contributed by atoms with E-state index in [-0.39, 0.29) is 5.41 Å². The summed E-state index contributed by atoms with van der Waals surface area (Å²) in [5.74, 6) is 0. The van der Waals surface area contributed by atoms with Crippen LogP contribution in [0.15, 0.2) is 67.0 Å². The molecule has 2 aromatic carbocycles. The number of nitrogens with zero attached hydrogens (tertiary/aromatic N) is 2. The fourth-order valence-corrected chi connectivity index (χ4v) is 2.76. The topological polar surface area (TPSA) is 17.2 Å². The molecular weight excluding hydrogens is 292 g/mol. The molecule has 0 unspecified atom stereocenters. The van der Waals surface area contributed by atoms with Gasteiger partial charge in [0, 0.05) is 23.5 Å². The fraction of sp³-hybridized carbons (Fsp3) is 0.182. The maximum absolute atomic E-state index is 7.66. The standard InChI is InChI=1S/C22H20N2/c1-22(2,3)18-12-10-17(11-13-18)20-15-24-14-19(21(20)23-4)16-8-6-5-7-9-16/h5-15H,1-3H3. The maximum Gasteiger partial charge on any atom is 0.205 e. The van der Waals surface area contributed by atoms with Gasteiger partial charge in [0.1, 0.15) is 0 Å². The maximum atomic E-state index is 7.66. The lowest BCUT2D eigenvalue weighted by Crippen LogP contribution is -2.10. The van der Waals surface area contributed by atoms with Gasteiger partial charge in [-0.3, -0.25) is 4.98 Å². The van der Waals surface area contributed by atoms with Crippen molar-refractivity contribution in [3.8, 4) is 22.3 Å². The molecule has 1 aromatic heterocycles. The summed E-state index contributed by atoms with van der Waals surface area (Å²) in [5.41, 5.74) is 5.85. The van der Waals surface area contributed by atoms with Gasteiger partial charge in [-0.05, 0) is 22.1 Å². The van der Waals surface area contributed by atoms with E-state index in [0.29, 0.717) is 5.69 Å². The van der Waals surface area contributed by atoms with Gasteiger partial charge in [-0.2, -0.15) is 0 Å². The van der Waals surface area contributed by atoms with Crippen LogP contribution in [0.25, 0.3) is 27.1 Å². The van der Waals surface area contributed by atoms with Gasteiger partial charge in [0.25, 0.3) is 0 Å². The van der Waals surface area contributed by atoms with Gasteiger partial charge in [0.05, 0.1) is 6.57 Å². The van der Waals surface area contributed by atoms with Gasteiger partial charge in [-0.25, -0.2) is 4.85 Å². The molecular formula is C22H20N2. The predicted molar refractivity (Wildman–Crippen MR) is 100 cm³/mol. The Morgan fingerprint density at radius 3 is 1.83 bits per heavy atom. The second kappa shape index (κ2) is 6.29. The van der Waals surface area contributed by atoms with Crippen LogP contribution in [-0.4, -0.2) is 4.98 Å². The van der Waals surface area contributed by atoms with Gasteiger partial charge in [-0.15, -0.1) is 0 Å². The fourth-order valence-electron chi connectivity index (χ4n) is 2.76. The van der Waals surface area contributed by atoms with Gasteiger partial charge in [0.15, 0.2) is 0 Å². The van der Waals surface area contributed by atoms with Crippen molar-refractivity contribution in [3.05, 3.63) is 84.0 Å². The first kappa shape index (κ1) is 16.0. The second-order valence-corrected chi connectivity index (χ2v) is 6.89. The smallest absolute Gasteiger partial charge is 0.205 e.